The number of hydrogen-bond donors (Lipinski definition) is 1. The highest BCUT2D eigenvalue weighted by Gasteiger charge is 2.05. The third kappa shape index (κ3) is 5.73. The van der Waals surface area contributed by atoms with Crippen molar-refractivity contribution < 1.29 is 9.47 Å². The molecular weight excluding hydrogens is 426 g/mol. The molecule has 0 spiro atoms. The molecule has 0 radical (unpaired) electrons. The van der Waals surface area contributed by atoms with Gasteiger partial charge in [0.2, 0.25) is 0 Å². The zero-order valence-corrected chi connectivity index (χ0v) is 17.4. The minimum Gasteiger partial charge on any atom is -0.496 e. The number of para-hydroxylation sites is 1. The lowest BCUT2D eigenvalue weighted by Gasteiger charge is -2.12. The Kier molecular flexibility index (Phi) is 7.16. The van der Waals surface area contributed by atoms with Crippen molar-refractivity contribution in [3.8, 4) is 11.5 Å². The number of ether oxygens (including phenoxy) is 2. The van der Waals surface area contributed by atoms with E-state index in [0.29, 0.717) is 6.61 Å². The average Bonchev–Trinajstić information content (AvgIpc) is 2.69. The van der Waals surface area contributed by atoms with Crippen LogP contribution in [0.1, 0.15) is 16.7 Å². The first-order valence-corrected chi connectivity index (χ1v) is 9.81. The van der Waals surface area contributed by atoms with Gasteiger partial charge in [-0.1, -0.05) is 48.0 Å². The third-order valence-corrected chi connectivity index (χ3v) is 5.01. The molecule has 3 aromatic carbocycles. The van der Waals surface area contributed by atoms with Gasteiger partial charge in [-0.2, -0.15) is 0 Å². The molecule has 0 saturated heterocycles. The lowest BCUT2D eigenvalue weighted by molar-refractivity contribution is 0.304. The highest BCUT2D eigenvalue weighted by molar-refractivity contribution is 9.10. The Hall–Kier alpha value is -2.01. The molecule has 0 saturated carbocycles. The molecule has 0 fully saturated rings. The minimum absolute atomic E-state index is 0.501. The summed E-state index contributed by atoms with van der Waals surface area (Å²) in [6.45, 7) is 2.01. The van der Waals surface area contributed by atoms with Gasteiger partial charge in [0.25, 0.3) is 0 Å². The van der Waals surface area contributed by atoms with Gasteiger partial charge in [-0.05, 0) is 57.4 Å². The van der Waals surface area contributed by atoms with Crippen LogP contribution in [-0.2, 0) is 19.7 Å². The molecule has 0 unspecified atom stereocenters. The van der Waals surface area contributed by atoms with E-state index in [2.05, 4.69) is 39.4 Å². The normalized spacial score (nSPS) is 10.6. The van der Waals surface area contributed by atoms with Gasteiger partial charge in [-0.15, -0.1) is 0 Å². The van der Waals surface area contributed by atoms with Crippen molar-refractivity contribution in [2.24, 2.45) is 0 Å². The fourth-order valence-electron chi connectivity index (χ4n) is 2.70. The van der Waals surface area contributed by atoms with E-state index in [1.54, 1.807) is 7.11 Å². The van der Waals surface area contributed by atoms with Crippen LogP contribution in [-0.4, -0.2) is 7.11 Å². The van der Waals surface area contributed by atoms with Crippen molar-refractivity contribution in [3.63, 3.8) is 0 Å². The molecule has 27 heavy (non-hydrogen) atoms. The summed E-state index contributed by atoms with van der Waals surface area (Å²) in [6.07, 6.45) is 0. The topological polar surface area (TPSA) is 30.5 Å². The summed E-state index contributed by atoms with van der Waals surface area (Å²) in [7, 11) is 1.69. The van der Waals surface area contributed by atoms with Crippen molar-refractivity contribution in [2.75, 3.05) is 7.11 Å². The van der Waals surface area contributed by atoms with Crippen LogP contribution in [0.4, 0.5) is 0 Å². The molecule has 3 rings (SSSR count). The Morgan fingerprint density at radius 3 is 2.37 bits per heavy atom. The molecule has 1 N–H and O–H groups in total. The Morgan fingerprint density at radius 2 is 1.63 bits per heavy atom. The van der Waals surface area contributed by atoms with Crippen LogP contribution in [0.3, 0.4) is 0 Å². The van der Waals surface area contributed by atoms with E-state index in [-0.39, 0.29) is 0 Å². The second kappa shape index (κ2) is 9.79. The Balaban J connectivity index is 1.54. The first-order valence-electron chi connectivity index (χ1n) is 8.64. The molecule has 3 aromatic rings. The van der Waals surface area contributed by atoms with Crippen molar-refractivity contribution in [2.45, 2.75) is 19.7 Å². The highest BCUT2D eigenvalue weighted by Crippen LogP contribution is 2.27. The Morgan fingerprint density at radius 1 is 0.889 bits per heavy atom. The molecule has 0 bridgehead atoms. The molecule has 0 amide bonds. The van der Waals surface area contributed by atoms with Crippen LogP contribution < -0.4 is 14.8 Å². The average molecular weight is 447 g/mol. The Bertz CT molecular complexity index is 884. The van der Waals surface area contributed by atoms with E-state index < -0.39 is 0 Å². The predicted octanol–water partition coefficient (Wildman–Crippen LogP) is 5.98. The van der Waals surface area contributed by atoms with Crippen LogP contribution in [0.2, 0.25) is 5.02 Å². The molecule has 0 aliphatic rings. The summed E-state index contributed by atoms with van der Waals surface area (Å²) < 4.78 is 12.2. The van der Waals surface area contributed by atoms with E-state index in [1.165, 1.54) is 5.56 Å². The second-order valence-electron chi connectivity index (χ2n) is 6.10. The molecule has 5 heteroatoms. The minimum atomic E-state index is 0.501. The molecule has 0 aliphatic carbocycles. The number of hydrogen-bond acceptors (Lipinski definition) is 3. The number of methoxy groups -OCH3 is 1. The summed E-state index contributed by atoms with van der Waals surface area (Å²) in [5.74, 6) is 1.72. The van der Waals surface area contributed by atoms with Gasteiger partial charge in [-0.25, -0.2) is 0 Å². The smallest absolute Gasteiger partial charge is 0.134 e. The van der Waals surface area contributed by atoms with Crippen LogP contribution in [0.15, 0.2) is 71.2 Å². The third-order valence-electron chi connectivity index (χ3n) is 4.14. The SMILES string of the molecule is COc1ccccc1CNCc1ccc(OCc2ccc(Cl)cc2)c(Br)c1. The van der Waals surface area contributed by atoms with E-state index in [1.807, 2.05) is 48.5 Å². The van der Waals surface area contributed by atoms with E-state index in [0.717, 1.165) is 45.2 Å². The maximum atomic E-state index is 5.91. The second-order valence-corrected chi connectivity index (χ2v) is 7.39. The number of benzene rings is 3. The maximum Gasteiger partial charge on any atom is 0.134 e. The van der Waals surface area contributed by atoms with Gasteiger partial charge < -0.3 is 14.8 Å². The van der Waals surface area contributed by atoms with Crippen LogP contribution >= 0.6 is 27.5 Å². The van der Waals surface area contributed by atoms with Crippen LogP contribution in [0, 0.1) is 0 Å². The zero-order chi connectivity index (χ0) is 19.1. The predicted molar refractivity (Wildman–Crippen MR) is 113 cm³/mol. The first kappa shape index (κ1) is 19.7. The Labute approximate surface area is 173 Å². The molecule has 0 aliphatic heterocycles. The fraction of sp³-hybridized carbons (Fsp3) is 0.182. The van der Waals surface area contributed by atoms with E-state index >= 15 is 0 Å². The molecule has 0 heterocycles. The van der Waals surface area contributed by atoms with Crippen LogP contribution in [0.25, 0.3) is 0 Å². The lowest BCUT2D eigenvalue weighted by Crippen LogP contribution is -2.13. The summed E-state index contributed by atoms with van der Waals surface area (Å²) >= 11 is 9.51. The fourth-order valence-corrected chi connectivity index (χ4v) is 3.37. The van der Waals surface area contributed by atoms with E-state index in [9.17, 15) is 0 Å². The number of rotatable bonds is 8. The maximum absolute atomic E-state index is 5.91. The number of nitrogens with one attached hydrogen (secondary N) is 1. The summed E-state index contributed by atoms with van der Waals surface area (Å²) in [5, 5.41) is 4.18. The lowest BCUT2D eigenvalue weighted by atomic mass is 10.2. The zero-order valence-electron chi connectivity index (χ0n) is 15.0. The van der Waals surface area contributed by atoms with Crippen LogP contribution in [0.5, 0.6) is 11.5 Å². The number of halogens is 2. The van der Waals surface area contributed by atoms with Gasteiger partial charge in [0.15, 0.2) is 0 Å². The monoisotopic (exact) mass is 445 g/mol. The summed E-state index contributed by atoms with van der Waals surface area (Å²) in [4.78, 5) is 0. The van der Waals surface area contributed by atoms with Crippen molar-refractivity contribution in [3.05, 3.63) is 92.9 Å². The van der Waals surface area contributed by atoms with Gasteiger partial charge in [-0.3, -0.25) is 0 Å². The van der Waals surface area contributed by atoms with Gasteiger partial charge >= 0.3 is 0 Å². The van der Waals surface area contributed by atoms with Gasteiger partial charge in [0.05, 0.1) is 11.6 Å². The molecule has 140 valence electrons. The molecule has 0 aromatic heterocycles. The van der Waals surface area contributed by atoms with Crippen molar-refractivity contribution in [1.82, 2.24) is 5.32 Å². The quantitative estimate of drug-likeness (QED) is 0.462. The molecular formula is C22H21BrClNO2. The highest BCUT2D eigenvalue weighted by atomic mass is 79.9. The van der Waals surface area contributed by atoms with Crippen molar-refractivity contribution in [1.29, 1.82) is 0 Å². The summed E-state index contributed by atoms with van der Waals surface area (Å²) in [6, 6.07) is 21.8. The first-order chi connectivity index (χ1) is 13.2. The molecule has 0 atom stereocenters. The van der Waals surface area contributed by atoms with Gasteiger partial charge in [0.1, 0.15) is 18.1 Å². The summed E-state index contributed by atoms with van der Waals surface area (Å²) in [5.41, 5.74) is 3.39. The van der Waals surface area contributed by atoms with Crippen molar-refractivity contribution >= 4 is 27.5 Å². The van der Waals surface area contributed by atoms with Gasteiger partial charge in [0, 0.05) is 23.7 Å². The standard InChI is InChI=1S/C22H21BrClNO2/c1-26-21-5-3-2-4-18(21)14-25-13-17-8-11-22(20(23)12-17)27-15-16-6-9-19(24)10-7-16/h2-12,25H,13-15H2,1H3. The van der Waals surface area contributed by atoms with E-state index in [4.69, 9.17) is 21.1 Å². The largest absolute Gasteiger partial charge is 0.496 e. The molecule has 3 nitrogen and oxygen atoms in total.